The van der Waals surface area contributed by atoms with Crippen LogP contribution >= 0.6 is 23.2 Å². The van der Waals surface area contributed by atoms with Crippen LogP contribution in [-0.4, -0.2) is 17.9 Å². The second kappa shape index (κ2) is 6.11. The lowest BCUT2D eigenvalue weighted by Crippen LogP contribution is -2.13. The van der Waals surface area contributed by atoms with Crippen LogP contribution in [0.2, 0.25) is 10.2 Å². The summed E-state index contributed by atoms with van der Waals surface area (Å²) in [6, 6.07) is 8.54. The number of nitrogens with one attached hydrogen (secondary N) is 2. The third-order valence-electron chi connectivity index (χ3n) is 2.68. The first-order valence-electron chi connectivity index (χ1n) is 5.92. The molecule has 0 aliphatic carbocycles. The fraction of sp³-hybridized carbons (Fsp3) is 0.143. The van der Waals surface area contributed by atoms with Gasteiger partial charge in [0.2, 0.25) is 0 Å². The molecule has 1 aromatic carbocycles. The van der Waals surface area contributed by atoms with Gasteiger partial charge >= 0.3 is 0 Å². The molecule has 1 aromatic heterocycles. The number of amides is 1. The number of rotatable bonds is 3. The summed E-state index contributed by atoms with van der Waals surface area (Å²) in [5.41, 5.74) is 1.98. The summed E-state index contributed by atoms with van der Waals surface area (Å²) in [6.45, 7) is 1.92. The largest absolute Gasteiger partial charge is 0.373 e. The van der Waals surface area contributed by atoms with Crippen molar-refractivity contribution in [1.29, 1.82) is 0 Å². The van der Waals surface area contributed by atoms with Crippen molar-refractivity contribution < 1.29 is 4.79 Å². The van der Waals surface area contributed by atoms with Crippen LogP contribution in [0.4, 0.5) is 11.5 Å². The first kappa shape index (κ1) is 14.6. The highest BCUT2D eigenvalue weighted by Crippen LogP contribution is 2.24. The Kier molecular flexibility index (Phi) is 4.47. The van der Waals surface area contributed by atoms with Gasteiger partial charge in [-0.1, -0.05) is 29.3 Å². The smallest absolute Gasteiger partial charge is 0.255 e. The second-order valence-electron chi connectivity index (χ2n) is 4.25. The summed E-state index contributed by atoms with van der Waals surface area (Å²) in [6.07, 6.45) is 0. The lowest BCUT2D eigenvalue weighted by molar-refractivity contribution is 0.102. The van der Waals surface area contributed by atoms with E-state index in [1.165, 1.54) is 6.07 Å². The monoisotopic (exact) mass is 309 g/mol. The van der Waals surface area contributed by atoms with Crippen LogP contribution in [0.25, 0.3) is 0 Å². The maximum atomic E-state index is 12.2. The Balaban J connectivity index is 2.28. The van der Waals surface area contributed by atoms with Gasteiger partial charge in [0.15, 0.2) is 0 Å². The molecule has 2 rings (SSSR count). The fourth-order valence-electron chi connectivity index (χ4n) is 1.69. The van der Waals surface area contributed by atoms with E-state index in [0.29, 0.717) is 22.1 Å². The minimum atomic E-state index is -0.293. The SMILES string of the molecule is CNc1cc(C(=O)Nc2cc(C)ccc2Cl)cc(Cl)n1. The van der Waals surface area contributed by atoms with Crippen molar-refractivity contribution >= 4 is 40.6 Å². The van der Waals surface area contributed by atoms with Crippen molar-refractivity contribution in [3.8, 4) is 0 Å². The number of aryl methyl sites for hydroxylation is 1. The van der Waals surface area contributed by atoms with Gasteiger partial charge < -0.3 is 10.6 Å². The molecule has 0 saturated heterocycles. The van der Waals surface area contributed by atoms with E-state index in [9.17, 15) is 4.79 Å². The van der Waals surface area contributed by atoms with Gasteiger partial charge in [-0.25, -0.2) is 4.98 Å². The van der Waals surface area contributed by atoms with Gasteiger partial charge in [0, 0.05) is 12.6 Å². The second-order valence-corrected chi connectivity index (χ2v) is 5.05. The number of hydrogen-bond donors (Lipinski definition) is 2. The first-order chi connectivity index (χ1) is 9.49. The van der Waals surface area contributed by atoms with Gasteiger partial charge in [-0.2, -0.15) is 0 Å². The molecule has 0 spiro atoms. The molecule has 20 heavy (non-hydrogen) atoms. The van der Waals surface area contributed by atoms with Gasteiger partial charge in [0.05, 0.1) is 10.7 Å². The van der Waals surface area contributed by atoms with E-state index in [0.717, 1.165) is 5.56 Å². The van der Waals surface area contributed by atoms with Crippen molar-refractivity contribution in [1.82, 2.24) is 4.98 Å². The van der Waals surface area contributed by atoms with Crippen molar-refractivity contribution in [2.24, 2.45) is 0 Å². The number of carbonyl (C=O) groups is 1. The Labute approximate surface area is 127 Å². The maximum absolute atomic E-state index is 12.2. The maximum Gasteiger partial charge on any atom is 0.255 e. The number of anilines is 2. The lowest BCUT2D eigenvalue weighted by Gasteiger charge is -2.09. The molecule has 2 aromatic rings. The van der Waals surface area contributed by atoms with Crippen molar-refractivity contribution in [3.63, 3.8) is 0 Å². The number of aromatic nitrogens is 1. The normalized spacial score (nSPS) is 10.2. The summed E-state index contributed by atoms with van der Waals surface area (Å²) in [5.74, 6) is 0.233. The number of nitrogens with zero attached hydrogens (tertiary/aromatic N) is 1. The lowest BCUT2D eigenvalue weighted by atomic mass is 10.2. The molecule has 1 amide bonds. The van der Waals surface area contributed by atoms with E-state index in [2.05, 4.69) is 15.6 Å². The topological polar surface area (TPSA) is 54.0 Å². The number of pyridine rings is 1. The minimum Gasteiger partial charge on any atom is -0.373 e. The highest BCUT2D eigenvalue weighted by atomic mass is 35.5. The van der Waals surface area contributed by atoms with Crippen molar-refractivity contribution in [3.05, 3.63) is 51.6 Å². The average Bonchev–Trinajstić information content (AvgIpc) is 2.42. The number of halogens is 2. The molecule has 4 nitrogen and oxygen atoms in total. The third-order valence-corrected chi connectivity index (χ3v) is 3.21. The zero-order chi connectivity index (χ0) is 14.7. The molecule has 0 bridgehead atoms. The first-order valence-corrected chi connectivity index (χ1v) is 6.68. The summed E-state index contributed by atoms with van der Waals surface area (Å²) >= 11 is 11.9. The zero-order valence-electron chi connectivity index (χ0n) is 11.0. The van der Waals surface area contributed by atoms with Crippen LogP contribution in [-0.2, 0) is 0 Å². The molecule has 1 heterocycles. The molecule has 6 heteroatoms. The summed E-state index contributed by atoms with van der Waals surface area (Å²) in [7, 11) is 1.71. The Bertz CT molecular complexity index is 659. The molecule has 0 saturated carbocycles. The number of hydrogen-bond acceptors (Lipinski definition) is 3. The average molecular weight is 310 g/mol. The molecule has 0 fully saturated rings. The van der Waals surface area contributed by atoms with Crippen molar-refractivity contribution in [2.75, 3.05) is 17.7 Å². The predicted octanol–water partition coefficient (Wildman–Crippen LogP) is 3.99. The quantitative estimate of drug-likeness (QED) is 0.843. The van der Waals surface area contributed by atoms with Crippen molar-refractivity contribution in [2.45, 2.75) is 6.92 Å². The molecular formula is C14H13Cl2N3O. The molecule has 0 aliphatic heterocycles. The minimum absolute atomic E-state index is 0.248. The van der Waals surface area contributed by atoms with Crippen LogP contribution in [0.15, 0.2) is 30.3 Å². The van der Waals surface area contributed by atoms with Crippen LogP contribution in [0.3, 0.4) is 0 Å². The summed E-state index contributed by atoms with van der Waals surface area (Å²) in [5, 5.41) is 6.34. The van der Waals surface area contributed by atoms with E-state index >= 15 is 0 Å². The molecular weight excluding hydrogens is 297 g/mol. The van der Waals surface area contributed by atoms with Crippen LogP contribution in [0.5, 0.6) is 0 Å². The van der Waals surface area contributed by atoms with E-state index in [-0.39, 0.29) is 11.1 Å². The summed E-state index contributed by atoms with van der Waals surface area (Å²) < 4.78 is 0. The third kappa shape index (κ3) is 3.40. The van der Waals surface area contributed by atoms with E-state index in [1.807, 2.05) is 19.1 Å². The number of carbonyl (C=O) groups excluding carboxylic acids is 1. The molecule has 0 unspecified atom stereocenters. The number of benzene rings is 1. The molecule has 0 radical (unpaired) electrons. The highest BCUT2D eigenvalue weighted by molar-refractivity contribution is 6.34. The van der Waals surface area contributed by atoms with E-state index in [4.69, 9.17) is 23.2 Å². The highest BCUT2D eigenvalue weighted by Gasteiger charge is 2.11. The summed E-state index contributed by atoms with van der Waals surface area (Å²) in [4.78, 5) is 16.2. The van der Waals surface area contributed by atoms with E-state index < -0.39 is 0 Å². The van der Waals surface area contributed by atoms with Gasteiger partial charge in [0.25, 0.3) is 5.91 Å². The predicted molar refractivity (Wildman–Crippen MR) is 82.9 cm³/mol. The molecule has 2 N–H and O–H groups in total. The van der Waals surface area contributed by atoms with Crippen LogP contribution in [0, 0.1) is 6.92 Å². The van der Waals surface area contributed by atoms with Gasteiger partial charge in [-0.3, -0.25) is 4.79 Å². The zero-order valence-corrected chi connectivity index (χ0v) is 12.5. The van der Waals surface area contributed by atoms with Gasteiger partial charge in [0.1, 0.15) is 11.0 Å². The van der Waals surface area contributed by atoms with E-state index in [1.54, 1.807) is 19.2 Å². The Morgan fingerprint density at radius 1 is 1.20 bits per heavy atom. The Morgan fingerprint density at radius 3 is 2.65 bits per heavy atom. The van der Waals surface area contributed by atoms with Gasteiger partial charge in [-0.05, 0) is 36.8 Å². The molecule has 0 atom stereocenters. The Hall–Kier alpha value is -1.78. The van der Waals surface area contributed by atoms with Crippen LogP contribution in [0.1, 0.15) is 15.9 Å². The standard InChI is InChI=1S/C14H13Cl2N3O/c1-8-3-4-10(15)11(5-8)18-14(20)9-6-12(16)19-13(7-9)17-2/h3-7H,1-2H3,(H,17,19)(H,18,20). The Morgan fingerprint density at radius 2 is 1.95 bits per heavy atom. The fourth-order valence-corrected chi connectivity index (χ4v) is 2.06. The van der Waals surface area contributed by atoms with Gasteiger partial charge in [-0.15, -0.1) is 0 Å². The molecule has 104 valence electrons. The molecule has 0 aliphatic rings. The van der Waals surface area contributed by atoms with Crippen LogP contribution < -0.4 is 10.6 Å².